The molecule has 0 aliphatic heterocycles. The molecular formula is C16H15BrFNO2. The highest BCUT2D eigenvalue weighted by Gasteiger charge is 2.15. The molecule has 2 rings (SSSR count). The predicted molar refractivity (Wildman–Crippen MR) is 82.9 cm³/mol. The smallest absolute Gasteiger partial charge is 0.254 e. The van der Waals surface area contributed by atoms with Crippen molar-refractivity contribution in [2.75, 3.05) is 14.2 Å². The van der Waals surface area contributed by atoms with Gasteiger partial charge in [-0.1, -0.05) is 18.2 Å². The molecule has 1 amide bonds. The number of hydrogen-bond donors (Lipinski definition) is 0. The number of nitrogens with zero attached hydrogens (tertiary/aromatic N) is 1. The summed E-state index contributed by atoms with van der Waals surface area (Å²) in [4.78, 5) is 13.8. The number of methoxy groups -OCH3 is 1. The van der Waals surface area contributed by atoms with Crippen molar-refractivity contribution in [3.63, 3.8) is 0 Å². The number of para-hydroxylation sites is 1. The third-order valence-electron chi connectivity index (χ3n) is 3.11. The van der Waals surface area contributed by atoms with E-state index >= 15 is 0 Å². The average Bonchev–Trinajstić information content (AvgIpc) is 2.49. The van der Waals surface area contributed by atoms with Crippen molar-refractivity contribution in [1.82, 2.24) is 4.90 Å². The number of ether oxygens (including phenoxy) is 1. The number of carbonyl (C=O) groups is 1. The van der Waals surface area contributed by atoms with Gasteiger partial charge in [0.2, 0.25) is 0 Å². The van der Waals surface area contributed by atoms with Crippen LogP contribution in [0.3, 0.4) is 0 Å². The largest absolute Gasteiger partial charge is 0.496 e. The summed E-state index contributed by atoms with van der Waals surface area (Å²) in [5, 5.41) is 0. The summed E-state index contributed by atoms with van der Waals surface area (Å²) in [7, 11) is 3.26. The highest BCUT2D eigenvalue weighted by molar-refractivity contribution is 9.10. The van der Waals surface area contributed by atoms with E-state index in [1.54, 1.807) is 20.2 Å². The molecule has 2 aromatic carbocycles. The van der Waals surface area contributed by atoms with E-state index in [1.807, 2.05) is 24.3 Å². The highest BCUT2D eigenvalue weighted by atomic mass is 79.9. The maximum Gasteiger partial charge on any atom is 0.254 e. The van der Waals surface area contributed by atoms with Gasteiger partial charge in [-0.05, 0) is 40.2 Å². The van der Waals surface area contributed by atoms with E-state index in [2.05, 4.69) is 15.9 Å². The second-order valence-corrected chi connectivity index (χ2v) is 5.46. The molecule has 3 nitrogen and oxygen atoms in total. The van der Waals surface area contributed by atoms with Crippen LogP contribution in [-0.2, 0) is 6.54 Å². The monoisotopic (exact) mass is 351 g/mol. The Morgan fingerprint density at radius 1 is 1.29 bits per heavy atom. The Bertz CT molecular complexity index is 660. The van der Waals surface area contributed by atoms with Gasteiger partial charge in [-0.25, -0.2) is 4.39 Å². The molecule has 5 heteroatoms. The van der Waals surface area contributed by atoms with Crippen LogP contribution < -0.4 is 4.74 Å². The quantitative estimate of drug-likeness (QED) is 0.836. The maximum atomic E-state index is 13.5. The van der Waals surface area contributed by atoms with E-state index in [-0.39, 0.29) is 5.91 Å². The SMILES string of the molecule is COc1ccccc1CN(C)C(=O)c1ccc(Br)c(F)c1. The fourth-order valence-corrected chi connectivity index (χ4v) is 2.26. The topological polar surface area (TPSA) is 29.5 Å². The van der Waals surface area contributed by atoms with Gasteiger partial charge in [-0.3, -0.25) is 4.79 Å². The Hall–Kier alpha value is -1.88. The van der Waals surface area contributed by atoms with Gasteiger partial charge in [0.05, 0.1) is 11.6 Å². The zero-order chi connectivity index (χ0) is 15.4. The Balaban J connectivity index is 2.17. The minimum absolute atomic E-state index is 0.243. The first-order chi connectivity index (χ1) is 10.0. The fourth-order valence-electron chi connectivity index (χ4n) is 2.01. The molecule has 21 heavy (non-hydrogen) atoms. The van der Waals surface area contributed by atoms with Gasteiger partial charge < -0.3 is 9.64 Å². The number of amides is 1. The molecule has 0 aromatic heterocycles. The van der Waals surface area contributed by atoms with Crippen molar-refractivity contribution < 1.29 is 13.9 Å². The lowest BCUT2D eigenvalue weighted by Gasteiger charge is -2.19. The Morgan fingerprint density at radius 2 is 2.00 bits per heavy atom. The summed E-state index contributed by atoms with van der Waals surface area (Å²) in [5.74, 6) is 0.0259. The molecule has 0 bridgehead atoms. The third-order valence-corrected chi connectivity index (χ3v) is 3.76. The molecule has 2 aromatic rings. The van der Waals surface area contributed by atoms with Crippen LogP contribution in [0.2, 0.25) is 0 Å². The van der Waals surface area contributed by atoms with Gasteiger partial charge in [0.1, 0.15) is 11.6 Å². The van der Waals surface area contributed by atoms with Gasteiger partial charge in [-0.2, -0.15) is 0 Å². The predicted octanol–water partition coefficient (Wildman–Crippen LogP) is 3.87. The normalized spacial score (nSPS) is 10.3. The zero-order valence-electron chi connectivity index (χ0n) is 11.8. The first kappa shape index (κ1) is 15.5. The summed E-state index contributed by atoms with van der Waals surface area (Å²) < 4.78 is 19.1. The van der Waals surface area contributed by atoms with Crippen molar-refractivity contribution in [3.8, 4) is 5.75 Å². The van der Waals surface area contributed by atoms with Gasteiger partial charge in [0.25, 0.3) is 5.91 Å². The molecule has 0 saturated carbocycles. The number of hydrogen-bond acceptors (Lipinski definition) is 2. The van der Waals surface area contributed by atoms with Crippen molar-refractivity contribution in [2.45, 2.75) is 6.54 Å². The first-order valence-corrected chi connectivity index (χ1v) is 7.14. The van der Waals surface area contributed by atoms with Crippen LogP contribution in [0, 0.1) is 5.82 Å². The molecule has 0 heterocycles. The van der Waals surface area contributed by atoms with Crippen molar-refractivity contribution in [3.05, 3.63) is 63.9 Å². The lowest BCUT2D eigenvalue weighted by Crippen LogP contribution is -2.26. The molecule has 0 aliphatic carbocycles. The summed E-state index contributed by atoms with van der Waals surface area (Å²) >= 11 is 3.07. The van der Waals surface area contributed by atoms with Crippen LogP contribution >= 0.6 is 15.9 Å². The standard InChI is InChI=1S/C16H15BrFNO2/c1-19(10-12-5-3-4-6-15(12)21-2)16(20)11-7-8-13(17)14(18)9-11/h3-9H,10H2,1-2H3. The molecule has 0 unspecified atom stereocenters. The first-order valence-electron chi connectivity index (χ1n) is 6.35. The molecule has 0 aliphatic rings. The van der Waals surface area contributed by atoms with E-state index in [9.17, 15) is 9.18 Å². The number of halogens is 2. The van der Waals surface area contributed by atoms with Crippen molar-refractivity contribution in [2.24, 2.45) is 0 Å². The van der Waals surface area contributed by atoms with Crippen molar-refractivity contribution >= 4 is 21.8 Å². The zero-order valence-corrected chi connectivity index (χ0v) is 13.4. The minimum Gasteiger partial charge on any atom is -0.496 e. The summed E-state index contributed by atoms with van der Waals surface area (Å²) in [6.07, 6.45) is 0. The Labute approximate surface area is 131 Å². The van der Waals surface area contributed by atoms with Crippen LogP contribution in [0.5, 0.6) is 5.75 Å². The average molecular weight is 352 g/mol. The Kier molecular flexibility index (Phi) is 4.96. The molecular weight excluding hydrogens is 337 g/mol. The number of benzene rings is 2. The molecule has 0 fully saturated rings. The molecule has 0 spiro atoms. The van der Waals surface area contributed by atoms with E-state index in [0.717, 1.165) is 11.3 Å². The lowest BCUT2D eigenvalue weighted by molar-refractivity contribution is 0.0783. The molecule has 110 valence electrons. The summed E-state index contributed by atoms with van der Waals surface area (Å²) in [5.41, 5.74) is 1.21. The van der Waals surface area contributed by atoms with Gasteiger partial charge in [0, 0.05) is 24.7 Å². The molecule has 0 saturated heterocycles. The highest BCUT2D eigenvalue weighted by Crippen LogP contribution is 2.21. The van der Waals surface area contributed by atoms with Gasteiger partial charge in [0.15, 0.2) is 0 Å². The van der Waals surface area contributed by atoms with Crippen molar-refractivity contribution in [1.29, 1.82) is 0 Å². The van der Waals surface area contributed by atoms with Crippen LogP contribution in [0.25, 0.3) is 0 Å². The van der Waals surface area contributed by atoms with E-state index in [1.165, 1.54) is 17.0 Å². The molecule has 0 N–H and O–H groups in total. The number of carbonyl (C=O) groups excluding carboxylic acids is 1. The summed E-state index contributed by atoms with van der Waals surface area (Å²) in [6.45, 7) is 0.389. The van der Waals surface area contributed by atoms with E-state index in [4.69, 9.17) is 4.74 Å². The molecule has 0 atom stereocenters. The van der Waals surface area contributed by atoms with Crippen LogP contribution in [-0.4, -0.2) is 25.0 Å². The summed E-state index contributed by atoms with van der Waals surface area (Å²) in [6, 6.07) is 11.8. The van der Waals surface area contributed by atoms with Crippen LogP contribution in [0.1, 0.15) is 15.9 Å². The Morgan fingerprint density at radius 3 is 2.67 bits per heavy atom. The van der Waals surface area contributed by atoms with E-state index < -0.39 is 5.82 Å². The van der Waals surface area contributed by atoms with E-state index in [0.29, 0.717) is 16.6 Å². The maximum absolute atomic E-state index is 13.5. The van der Waals surface area contributed by atoms with Crippen LogP contribution in [0.4, 0.5) is 4.39 Å². The second kappa shape index (κ2) is 6.72. The fraction of sp³-hybridized carbons (Fsp3) is 0.188. The molecule has 0 radical (unpaired) electrons. The number of rotatable bonds is 4. The lowest BCUT2D eigenvalue weighted by atomic mass is 10.1. The third kappa shape index (κ3) is 3.61. The van der Waals surface area contributed by atoms with Crippen LogP contribution in [0.15, 0.2) is 46.9 Å². The minimum atomic E-state index is -0.452. The van der Waals surface area contributed by atoms with Gasteiger partial charge >= 0.3 is 0 Å². The van der Waals surface area contributed by atoms with Gasteiger partial charge in [-0.15, -0.1) is 0 Å². The second-order valence-electron chi connectivity index (χ2n) is 4.60.